The van der Waals surface area contributed by atoms with E-state index in [1.807, 2.05) is 19.1 Å². The van der Waals surface area contributed by atoms with Crippen molar-refractivity contribution >= 4 is 29.6 Å². The van der Waals surface area contributed by atoms with Crippen LogP contribution in [0.4, 0.5) is 10.5 Å². The van der Waals surface area contributed by atoms with Gasteiger partial charge in [-0.15, -0.1) is 0 Å². The maximum Gasteiger partial charge on any atom is 0.329 e. The van der Waals surface area contributed by atoms with Gasteiger partial charge in [0, 0.05) is 11.3 Å². The molecule has 27 heavy (non-hydrogen) atoms. The van der Waals surface area contributed by atoms with E-state index >= 15 is 0 Å². The second-order valence-corrected chi connectivity index (χ2v) is 6.04. The second kappa shape index (κ2) is 7.74. The molecule has 0 saturated carbocycles. The summed E-state index contributed by atoms with van der Waals surface area (Å²) in [5.41, 5.74) is 2.34. The molecular formula is C20H19N3O4. The van der Waals surface area contributed by atoms with Crippen LogP contribution in [0.1, 0.15) is 11.1 Å². The van der Waals surface area contributed by atoms with Crippen molar-refractivity contribution in [1.29, 1.82) is 0 Å². The Morgan fingerprint density at radius 2 is 1.96 bits per heavy atom. The number of nitrogens with zero attached hydrogens (tertiary/aromatic N) is 1. The smallest absolute Gasteiger partial charge is 0.329 e. The number of hydrogen-bond donors (Lipinski definition) is 2. The van der Waals surface area contributed by atoms with Crippen LogP contribution in [0.5, 0.6) is 5.75 Å². The van der Waals surface area contributed by atoms with Crippen molar-refractivity contribution in [1.82, 2.24) is 10.2 Å². The van der Waals surface area contributed by atoms with Crippen molar-refractivity contribution in [3.05, 3.63) is 65.4 Å². The molecule has 3 rings (SSSR count). The van der Waals surface area contributed by atoms with Gasteiger partial charge in [-0.3, -0.25) is 9.59 Å². The number of methoxy groups -OCH3 is 1. The third-order valence-electron chi connectivity index (χ3n) is 4.00. The molecule has 4 amide bonds. The zero-order chi connectivity index (χ0) is 19.4. The highest BCUT2D eigenvalue weighted by molar-refractivity contribution is 6.16. The first-order valence-electron chi connectivity index (χ1n) is 8.32. The van der Waals surface area contributed by atoms with Crippen LogP contribution in [-0.4, -0.2) is 36.4 Å². The summed E-state index contributed by atoms with van der Waals surface area (Å²) < 4.78 is 5.24. The summed E-state index contributed by atoms with van der Waals surface area (Å²) in [6.45, 7) is 1.53. The van der Waals surface area contributed by atoms with Crippen molar-refractivity contribution in [2.24, 2.45) is 0 Å². The molecule has 0 atom stereocenters. The number of amides is 4. The summed E-state index contributed by atoms with van der Waals surface area (Å²) in [7, 11) is 1.52. The zero-order valence-corrected chi connectivity index (χ0v) is 15.0. The molecule has 0 aliphatic carbocycles. The average Bonchev–Trinajstić information content (AvgIpc) is 2.89. The molecule has 1 saturated heterocycles. The van der Waals surface area contributed by atoms with Gasteiger partial charge in [-0.2, -0.15) is 0 Å². The normalized spacial score (nSPS) is 15.0. The molecular weight excluding hydrogens is 346 g/mol. The predicted octanol–water partition coefficient (Wildman–Crippen LogP) is 2.54. The van der Waals surface area contributed by atoms with Gasteiger partial charge in [0.25, 0.3) is 5.91 Å². The second-order valence-electron chi connectivity index (χ2n) is 6.04. The number of nitrogens with one attached hydrogen (secondary N) is 2. The average molecular weight is 365 g/mol. The Hall–Kier alpha value is -3.61. The number of carbonyl (C=O) groups is 3. The molecule has 1 aliphatic rings. The summed E-state index contributed by atoms with van der Waals surface area (Å²) in [4.78, 5) is 37.7. The van der Waals surface area contributed by atoms with Gasteiger partial charge >= 0.3 is 6.03 Å². The number of imide groups is 1. The van der Waals surface area contributed by atoms with Crippen molar-refractivity contribution in [3.8, 4) is 5.75 Å². The third kappa shape index (κ3) is 4.14. The number of ether oxygens (including phenoxy) is 1. The molecule has 2 N–H and O–H groups in total. The van der Waals surface area contributed by atoms with Gasteiger partial charge in [0.05, 0.1) is 7.11 Å². The largest absolute Gasteiger partial charge is 0.496 e. The van der Waals surface area contributed by atoms with Gasteiger partial charge in [-0.1, -0.05) is 30.3 Å². The number of aryl methyl sites for hydroxylation is 1. The number of anilines is 1. The molecule has 138 valence electrons. The molecule has 0 radical (unpaired) electrons. The van der Waals surface area contributed by atoms with Crippen molar-refractivity contribution in [2.75, 3.05) is 19.0 Å². The number of carbonyl (C=O) groups excluding carboxylic acids is 3. The number of rotatable bonds is 5. The first kappa shape index (κ1) is 18.2. The number of benzene rings is 2. The highest BCUT2D eigenvalue weighted by atomic mass is 16.5. The maximum atomic E-state index is 12.5. The highest BCUT2D eigenvalue weighted by Crippen LogP contribution is 2.22. The lowest BCUT2D eigenvalue weighted by atomic mass is 10.1. The summed E-state index contributed by atoms with van der Waals surface area (Å²) in [6.07, 6.45) is 1.53. The van der Waals surface area contributed by atoms with E-state index in [9.17, 15) is 14.4 Å². The van der Waals surface area contributed by atoms with Crippen LogP contribution < -0.4 is 15.4 Å². The lowest BCUT2D eigenvalue weighted by Gasteiger charge is -2.12. The van der Waals surface area contributed by atoms with Crippen LogP contribution in [-0.2, 0) is 9.59 Å². The summed E-state index contributed by atoms with van der Waals surface area (Å²) in [5.74, 6) is -0.448. The minimum atomic E-state index is -0.638. The van der Waals surface area contributed by atoms with Gasteiger partial charge < -0.3 is 15.4 Å². The van der Waals surface area contributed by atoms with Gasteiger partial charge in [-0.05, 0) is 36.8 Å². The Morgan fingerprint density at radius 1 is 1.19 bits per heavy atom. The van der Waals surface area contributed by atoms with E-state index in [-0.39, 0.29) is 12.2 Å². The molecule has 7 nitrogen and oxygen atoms in total. The van der Waals surface area contributed by atoms with E-state index < -0.39 is 17.8 Å². The molecule has 7 heteroatoms. The number of urea groups is 1. The lowest BCUT2D eigenvalue weighted by Crippen LogP contribution is -2.38. The van der Waals surface area contributed by atoms with Crippen LogP contribution >= 0.6 is 0 Å². The Morgan fingerprint density at radius 3 is 2.70 bits per heavy atom. The third-order valence-corrected chi connectivity index (χ3v) is 4.00. The van der Waals surface area contributed by atoms with Gasteiger partial charge in [-0.25, -0.2) is 9.69 Å². The van der Waals surface area contributed by atoms with Crippen LogP contribution in [0.3, 0.4) is 0 Å². The van der Waals surface area contributed by atoms with Crippen molar-refractivity contribution in [3.63, 3.8) is 0 Å². The first-order valence-corrected chi connectivity index (χ1v) is 8.32. The summed E-state index contributed by atoms with van der Waals surface area (Å²) in [6, 6.07) is 13.7. The first-order chi connectivity index (χ1) is 13.0. The topological polar surface area (TPSA) is 87.7 Å². The van der Waals surface area contributed by atoms with E-state index in [0.717, 1.165) is 10.5 Å². The molecule has 1 heterocycles. The Bertz CT molecular complexity index is 936. The Kier molecular flexibility index (Phi) is 5.21. The van der Waals surface area contributed by atoms with Gasteiger partial charge in [0.2, 0.25) is 5.91 Å². The molecule has 2 aromatic carbocycles. The minimum Gasteiger partial charge on any atom is -0.496 e. The zero-order valence-electron chi connectivity index (χ0n) is 15.0. The fourth-order valence-corrected chi connectivity index (χ4v) is 2.72. The minimum absolute atomic E-state index is 0.0906. The maximum absolute atomic E-state index is 12.5. The molecule has 0 spiro atoms. The van der Waals surface area contributed by atoms with Crippen LogP contribution in [0.15, 0.2) is 54.2 Å². The molecule has 0 unspecified atom stereocenters. The quantitative estimate of drug-likeness (QED) is 0.630. The lowest BCUT2D eigenvalue weighted by molar-refractivity contribution is -0.127. The molecule has 1 aliphatic heterocycles. The Labute approximate surface area is 156 Å². The van der Waals surface area contributed by atoms with Gasteiger partial charge in [0.15, 0.2) is 0 Å². The van der Waals surface area contributed by atoms with Crippen LogP contribution in [0, 0.1) is 6.92 Å². The van der Waals surface area contributed by atoms with E-state index in [4.69, 9.17) is 4.74 Å². The number of para-hydroxylation sites is 1. The SMILES string of the molecule is COc1ccccc1/C=C1/NC(=O)N(CC(=O)Nc2cccc(C)c2)C1=O. The van der Waals surface area contributed by atoms with Gasteiger partial charge in [0.1, 0.15) is 18.0 Å². The highest BCUT2D eigenvalue weighted by Gasteiger charge is 2.35. The van der Waals surface area contributed by atoms with E-state index in [1.165, 1.54) is 13.2 Å². The molecule has 1 fully saturated rings. The number of hydrogen-bond acceptors (Lipinski definition) is 4. The molecule has 0 aromatic heterocycles. The fourth-order valence-electron chi connectivity index (χ4n) is 2.72. The van der Waals surface area contributed by atoms with E-state index in [1.54, 1.807) is 36.4 Å². The van der Waals surface area contributed by atoms with Crippen molar-refractivity contribution in [2.45, 2.75) is 6.92 Å². The fraction of sp³-hybridized carbons (Fsp3) is 0.150. The van der Waals surface area contributed by atoms with Crippen LogP contribution in [0.25, 0.3) is 6.08 Å². The van der Waals surface area contributed by atoms with Crippen molar-refractivity contribution < 1.29 is 19.1 Å². The Balaban J connectivity index is 1.72. The summed E-state index contributed by atoms with van der Waals surface area (Å²) in [5, 5.41) is 5.18. The molecule has 0 bridgehead atoms. The van der Waals surface area contributed by atoms with E-state index in [2.05, 4.69) is 10.6 Å². The monoisotopic (exact) mass is 365 g/mol. The summed E-state index contributed by atoms with van der Waals surface area (Å²) >= 11 is 0. The molecule has 2 aromatic rings. The van der Waals surface area contributed by atoms with E-state index in [0.29, 0.717) is 17.0 Å². The predicted molar refractivity (Wildman–Crippen MR) is 101 cm³/mol. The van der Waals surface area contributed by atoms with Crippen LogP contribution in [0.2, 0.25) is 0 Å². The standard InChI is InChI=1S/C20H19N3O4/c1-13-6-5-8-15(10-13)21-18(24)12-23-19(25)16(22-20(23)26)11-14-7-3-4-9-17(14)27-2/h3-11H,12H2,1-2H3,(H,21,24)(H,22,26)/b16-11+.